The van der Waals surface area contributed by atoms with Crippen LogP contribution in [0.25, 0.3) is 0 Å². The van der Waals surface area contributed by atoms with Gasteiger partial charge in [-0.1, -0.05) is 29.8 Å². The van der Waals surface area contributed by atoms with E-state index in [1.165, 1.54) is 0 Å². The van der Waals surface area contributed by atoms with Gasteiger partial charge in [-0.25, -0.2) is 4.79 Å². The zero-order chi connectivity index (χ0) is 16.2. The molecule has 1 rings (SSSR count). The largest absolute Gasteiger partial charge is 0.481 e. The van der Waals surface area contributed by atoms with Crippen LogP contribution in [0.4, 0.5) is 10.5 Å². The molecule has 5 nitrogen and oxygen atoms in total. The van der Waals surface area contributed by atoms with Gasteiger partial charge in [0.25, 0.3) is 0 Å². The van der Waals surface area contributed by atoms with Crippen LogP contribution in [0, 0.1) is 19.8 Å². The minimum absolute atomic E-state index is 0.0419. The van der Waals surface area contributed by atoms with E-state index in [1.54, 1.807) is 0 Å². The van der Waals surface area contributed by atoms with E-state index in [-0.39, 0.29) is 12.3 Å². The number of aliphatic carboxylic acids is 1. The third-order valence-electron chi connectivity index (χ3n) is 3.21. The molecule has 2 amide bonds. The molecule has 21 heavy (non-hydrogen) atoms. The van der Waals surface area contributed by atoms with Gasteiger partial charge < -0.3 is 15.7 Å². The number of carboxylic acid groups (broad SMARTS) is 1. The van der Waals surface area contributed by atoms with E-state index in [0.717, 1.165) is 15.6 Å². The van der Waals surface area contributed by atoms with E-state index >= 15 is 0 Å². The molecule has 3 N–H and O–H groups in total. The fourth-order valence-corrected chi connectivity index (χ4v) is 2.22. The van der Waals surface area contributed by atoms with Crippen molar-refractivity contribution in [3.8, 4) is 0 Å². The second kappa shape index (κ2) is 7.45. The Bertz CT molecular complexity index is 521. The first-order chi connectivity index (χ1) is 9.70. The Hall–Kier alpha value is -1.56. The molecule has 116 valence electrons. The number of carbonyl (C=O) groups is 2. The lowest BCUT2D eigenvalue weighted by Gasteiger charge is -2.21. The number of hydrogen-bond donors (Lipinski definition) is 3. The van der Waals surface area contributed by atoms with Crippen LogP contribution in [0.15, 0.2) is 16.6 Å². The van der Waals surface area contributed by atoms with Gasteiger partial charge in [0.1, 0.15) is 0 Å². The maximum absolute atomic E-state index is 12.0. The maximum Gasteiger partial charge on any atom is 0.319 e. The molecule has 0 radical (unpaired) electrons. The normalized spacial score (nSPS) is 12.1. The lowest BCUT2D eigenvalue weighted by atomic mass is 10.0. The van der Waals surface area contributed by atoms with Crippen molar-refractivity contribution >= 4 is 33.6 Å². The summed E-state index contributed by atoms with van der Waals surface area (Å²) in [5, 5.41) is 14.3. The number of carbonyl (C=O) groups excluding carboxylic acids is 1. The van der Waals surface area contributed by atoms with E-state index in [0.29, 0.717) is 5.69 Å². The average Bonchev–Trinajstić information content (AvgIpc) is 2.34. The van der Waals surface area contributed by atoms with Crippen molar-refractivity contribution in [2.24, 2.45) is 5.92 Å². The van der Waals surface area contributed by atoms with Gasteiger partial charge in [0.05, 0.1) is 6.42 Å². The van der Waals surface area contributed by atoms with Gasteiger partial charge in [0.2, 0.25) is 0 Å². The quantitative estimate of drug-likeness (QED) is 0.752. The maximum atomic E-state index is 12.0. The van der Waals surface area contributed by atoms with Crippen molar-refractivity contribution in [1.29, 1.82) is 0 Å². The molecule has 0 saturated carbocycles. The molecule has 1 unspecified atom stereocenters. The van der Waals surface area contributed by atoms with Gasteiger partial charge in [-0.3, -0.25) is 4.79 Å². The van der Waals surface area contributed by atoms with Crippen molar-refractivity contribution in [2.45, 2.75) is 40.2 Å². The predicted molar refractivity (Wildman–Crippen MR) is 86.6 cm³/mol. The number of halogens is 1. The van der Waals surface area contributed by atoms with Crippen LogP contribution in [-0.4, -0.2) is 23.1 Å². The van der Waals surface area contributed by atoms with Crippen LogP contribution in [0.2, 0.25) is 0 Å². The van der Waals surface area contributed by atoms with Gasteiger partial charge >= 0.3 is 12.0 Å². The molecule has 1 aromatic rings. The lowest BCUT2D eigenvalue weighted by Crippen LogP contribution is -2.42. The highest BCUT2D eigenvalue weighted by molar-refractivity contribution is 9.10. The second-order valence-corrected chi connectivity index (χ2v) is 6.26. The van der Waals surface area contributed by atoms with Crippen LogP contribution in [0.1, 0.15) is 31.4 Å². The molecule has 0 aliphatic heterocycles. The van der Waals surface area contributed by atoms with E-state index in [4.69, 9.17) is 5.11 Å². The summed E-state index contributed by atoms with van der Waals surface area (Å²) in [4.78, 5) is 22.8. The Balaban J connectivity index is 2.74. The molecule has 1 atom stereocenters. The molecular weight excluding hydrogens is 336 g/mol. The Labute approximate surface area is 133 Å². The first kappa shape index (κ1) is 17.5. The Morgan fingerprint density at radius 1 is 1.24 bits per heavy atom. The summed E-state index contributed by atoms with van der Waals surface area (Å²) in [6.07, 6.45) is -0.0938. The van der Waals surface area contributed by atoms with E-state index in [9.17, 15) is 9.59 Å². The first-order valence-electron chi connectivity index (χ1n) is 6.76. The minimum atomic E-state index is -0.927. The Morgan fingerprint density at radius 3 is 2.19 bits per heavy atom. The summed E-state index contributed by atoms with van der Waals surface area (Å²) in [6.45, 7) is 7.65. The first-order valence-corrected chi connectivity index (χ1v) is 7.56. The Kier molecular flexibility index (Phi) is 6.20. The van der Waals surface area contributed by atoms with Crippen molar-refractivity contribution in [2.75, 3.05) is 5.32 Å². The van der Waals surface area contributed by atoms with Crippen LogP contribution >= 0.6 is 15.9 Å². The fourth-order valence-electron chi connectivity index (χ4n) is 2.00. The molecule has 0 aromatic heterocycles. The standard InChI is InChI=1S/C15H21BrN2O3/c1-8(2)12(7-13(19)20)18-15(21)17-11-5-9(3)14(16)10(4)6-11/h5-6,8,12H,7H2,1-4H3,(H,19,20)(H2,17,18,21). The summed E-state index contributed by atoms with van der Waals surface area (Å²) in [5.74, 6) is -0.885. The molecule has 0 bridgehead atoms. The highest BCUT2D eigenvalue weighted by Gasteiger charge is 2.19. The van der Waals surface area contributed by atoms with Crippen LogP contribution < -0.4 is 10.6 Å². The monoisotopic (exact) mass is 356 g/mol. The SMILES string of the molecule is Cc1cc(NC(=O)NC(CC(=O)O)C(C)C)cc(C)c1Br. The molecule has 1 aromatic carbocycles. The Morgan fingerprint density at radius 2 is 1.76 bits per heavy atom. The summed E-state index contributed by atoms with van der Waals surface area (Å²) in [5.41, 5.74) is 2.73. The van der Waals surface area contributed by atoms with E-state index in [2.05, 4.69) is 26.6 Å². The smallest absolute Gasteiger partial charge is 0.319 e. The zero-order valence-electron chi connectivity index (χ0n) is 12.7. The molecule has 0 aliphatic rings. The molecular formula is C15H21BrN2O3. The average molecular weight is 357 g/mol. The van der Waals surface area contributed by atoms with Gasteiger partial charge in [-0.2, -0.15) is 0 Å². The van der Waals surface area contributed by atoms with Crippen LogP contribution in [-0.2, 0) is 4.79 Å². The number of hydrogen-bond acceptors (Lipinski definition) is 2. The molecule has 0 heterocycles. The fraction of sp³-hybridized carbons (Fsp3) is 0.467. The molecule has 0 saturated heterocycles. The van der Waals surface area contributed by atoms with Gasteiger partial charge in [-0.05, 0) is 43.0 Å². The number of nitrogens with one attached hydrogen (secondary N) is 2. The number of aryl methyl sites for hydroxylation is 2. The van der Waals surface area contributed by atoms with Crippen molar-refractivity contribution in [1.82, 2.24) is 5.32 Å². The highest BCUT2D eigenvalue weighted by Crippen LogP contribution is 2.25. The predicted octanol–water partition coefficient (Wildman–Crippen LogP) is 3.69. The summed E-state index contributed by atoms with van der Waals surface area (Å²) in [7, 11) is 0. The van der Waals surface area contributed by atoms with Gasteiger partial charge in [-0.15, -0.1) is 0 Å². The summed E-state index contributed by atoms with van der Waals surface area (Å²) < 4.78 is 1.01. The van der Waals surface area contributed by atoms with Crippen LogP contribution in [0.5, 0.6) is 0 Å². The third-order valence-corrected chi connectivity index (χ3v) is 4.46. The van der Waals surface area contributed by atoms with Crippen molar-refractivity contribution < 1.29 is 14.7 Å². The number of anilines is 1. The highest BCUT2D eigenvalue weighted by atomic mass is 79.9. The molecule has 6 heteroatoms. The van der Waals surface area contributed by atoms with Gasteiger partial charge in [0.15, 0.2) is 0 Å². The number of rotatable bonds is 5. The number of benzene rings is 1. The molecule has 0 aliphatic carbocycles. The summed E-state index contributed by atoms with van der Waals surface area (Å²) in [6, 6.07) is 2.92. The lowest BCUT2D eigenvalue weighted by molar-refractivity contribution is -0.137. The van der Waals surface area contributed by atoms with E-state index in [1.807, 2.05) is 39.8 Å². The van der Waals surface area contributed by atoms with Crippen molar-refractivity contribution in [3.05, 3.63) is 27.7 Å². The summed E-state index contributed by atoms with van der Waals surface area (Å²) >= 11 is 3.47. The minimum Gasteiger partial charge on any atom is -0.481 e. The topological polar surface area (TPSA) is 78.4 Å². The molecule has 0 fully saturated rings. The molecule has 0 spiro atoms. The second-order valence-electron chi connectivity index (χ2n) is 5.47. The number of amides is 2. The van der Waals surface area contributed by atoms with E-state index < -0.39 is 18.0 Å². The van der Waals surface area contributed by atoms with Crippen molar-refractivity contribution in [3.63, 3.8) is 0 Å². The number of carboxylic acids is 1. The van der Waals surface area contributed by atoms with Gasteiger partial charge in [0, 0.05) is 16.2 Å². The number of urea groups is 1. The third kappa shape index (κ3) is 5.38. The van der Waals surface area contributed by atoms with Crippen LogP contribution in [0.3, 0.4) is 0 Å². The zero-order valence-corrected chi connectivity index (χ0v) is 14.2.